The molecule has 1 fully saturated rings. The van der Waals surface area contributed by atoms with Gasteiger partial charge in [0.25, 0.3) is 11.8 Å². The van der Waals surface area contributed by atoms with Crippen molar-refractivity contribution in [1.29, 1.82) is 0 Å². The molecule has 1 aliphatic rings. The lowest BCUT2D eigenvalue weighted by atomic mass is 10.1. The summed E-state index contributed by atoms with van der Waals surface area (Å²) in [6.45, 7) is 0. The molecular formula is C34H28BrN3O6S. The number of hydrogen-bond donors (Lipinski definition) is 2. The van der Waals surface area contributed by atoms with Gasteiger partial charge >= 0.3 is 0 Å². The number of ether oxygens (including phenoxy) is 2. The Hall–Kier alpha value is -4.87. The van der Waals surface area contributed by atoms with Gasteiger partial charge in [-0.15, -0.1) is 11.8 Å². The number of hydrogen-bond acceptors (Lipinski definition) is 7. The van der Waals surface area contributed by atoms with E-state index in [-0.39, 0.29) is 23.9 Å². The van der Waals surface area contributed by atoms with Crippen LogP contribution in [0.3, 0.4) is 0 Å². The highest BCUT2D eigenvalue weighted by Gasteiger charge is 2.40. The highest BCUT2D eigenvalue weighted by molar-refractivity contribution is 9.10. The maximum absolute atomic E-state index is 13.5. The maximum atomic E-state index is 13.5. The smallest absolute Gasteiger partial charge is 0.272 e. The first-order chi connectivity index (χ1) is 21.7. The van der Waals surface area contributed by atoms with Crippen LogP contribution in [0.4, 0.5) is 11.4 Å². The molecule has 9 nitrogen and oxygen atoms in total. The Morgan fingerprint density at radius 2 is 1.62 bits per heavy atom. The van der Waals surface area contributed by atoms with Crippen LogP contribution in [0.1, 0.15) is 22.3 Å². The number of thioether (sulfide) groups is 1. The minimum absolute atomic E-state index is 0.00568. The first kappa shape index (κ1) is 31.6. The Labute approximate surface area is 272 Å². The first-order valence-electron chi connectivity index (χ1n) is 13.8. The zero-order valence-electron chi connectivity index (χ0n) is 24.3. The van der Waals surface area contributed by atoms with Gasteiger partial charge in [-0.1, -0.05) is 34.1 Å². The third kappa shape index (κ3) is 7.62. The summed E-state index contributed by atoms with van der Waals surface area (Å²) in [6, 6.07) is 27.6. The summed E-state index contributed by atoms with van der Waals surface area (Å²) in [7, 11) is 3.04. The van der Waals surface area contributed by atoms with Gasteiger partial charge in [-0.3, -0.25) is 19.2 Å². The van der Waals surface area contributed by atoms with E-state index in [1.807, 2.05) is 0 Å². The van der Waals surface area contributed by atoms with E-state index in [2.05, 4.69) is 26.6 Å². The number of carbonyl (C=O) groups is 4. The topological polar surface area (TPSA) is 114 Å². The van der Waals surface area contributed by atoms with Crippen molar-refractivity contribution in [2.24, 2.45) is 0 Å². The van der Waals surface area contributed by atoms with Crippen LogP contribution < -0.4 is 25.0 Å². The molecule has 1 heterocycles. The van der Waals surface area contributed by atoms with Crippen molar-refractivity contribution < 1.29 is 28.7 Å². The van der Waals surface area contributed by atoms with Crippen LogP contribution in [0.15, 0.2) is 112 Å². The number of amides is 4. The van der Waals surface area contributed by atoms with E-state index in [4.69, 9.17) is 9.47 Å². The van der Waals surface area contributed by atoms with Crippen LogP contribution in [0.25, 0.3) is 6.08 Å². The van der Waals surface area contributed by atoms with Gasteiger partial charge < -0.3 is 20.1 Å². The van der Waals surface area contributed by atoms with E-state index in [1.54, 1.807) is 97.1 Å². The first-order valence-corrected chi connectivity index (χ1v) is 15.4. The molecule has 1 atom stereocenters. The highest BCUT2D eigenvalue weighted by atomic mass is 79.9. The molecular weight excluding hydrogens is 658 g/mol. The van der Waals surface area contributed by atoms with Crippen molar-refractivity contribution in [2.75, 3.05) is 24.4 Å². The minimum Gasteiger partial charge on any atom is -0.497 e. The molecule has 4 amide bonds. The molecule has 4 aromatic rings. The van der Waals surface area contributed by atoms with Crippen LogP contribution in [-0.4, -0.2) is 43.1 Å². The number of nitrogens with zero attached hydrogens (tertiary/aromatic N) is 1. The molecule has 1 aliphatic heterocycles. The highest BCUT2D eigenvalue weighted by Crippen LogP contribution is 2.35. The Morgan fingerprint density at radius 1 is 0.911 bits per heavy atom. The van der Waals surface area contributed by atoms with E-state index in [9.17, 15) is 19.2 Å². The van der Waals surface area contributed by atoms with Crippen molar-refractivity contribution in [1.82, 2.24) is 5.32 Å². The molecule has 0 spiro atoms. The fourth-order valence-electron chi connectivity index (χ4n) is 4.57. The molecule has 0 saturated carbocycles. The Kier molecular flexibility index (Phi) is 10.0. The molecule has 45 heavy (non-hydrogen) atoms. The fraction of sp³-hybridized carbons (Fsp3) is 0.118. The lowest BCUT2D eigenvalue weighted by Gasteiger charge is -2.15. The van der Waals surface area contributed by atoms with Crippen molar-refractivity contribution in [3.05, 3.63) is 118 Å². The quantitative estimate of drug-likeness (QED) is 0.149. The summed E-state index contributed by atoms with van der Waals surface area (Å²) in [4.78, 5) is 54.2. The van der Waals surface area contributed by atoms with E-state index in [1.165, 1.54) is 37.0 Å². The molecule has 0 aromatic heterocycles. The number of imide groups is 1. The number of halogens is 1. The fourth-order valence-corrected chi connectivity index (χ4v) is 5.89. The van der Waals surface area contributed by atoms with Gasteiger partial charge in [-0.2, -0.15) is 0 Å². The number of methoxy groups -OCH3 is 2. The molecule has 5 rings (SSSR count). The van der Waals surface area contributed by atoms with Gasteiger partial charge in [0.2, 0.25) is 11.8 Å². The predicted molar refractivity (Wildman–Crippen MR) is 177 cm³/mol. The monoisotopic (exact) mass is 685 g/mol. The van der Waals surface area contributed by atoms with Crippen molar-refractivity contribution >= 4 is 68.8 Å². The second-order valence-corrected chi connectivity index (χ2v) is 12.0. The molecule has 11 heteroatoms. The summed E-state index contributed by atoms with van der Waals surface area (Å²) < 4.78 is 11.6. The SMILES string of the molecule is COc1ccc(/C=C(\NC(=O)c2ccccc2)C(=O)Nc2ccc(SC3CC(=O)N(c4ccc(Br)cc4)C3=O)cc2)c(OC)c1. The zero-order valence-corrected chi connectivity index (χ0v) is 26.7. The minimum atomic E-state index is -0.566. The van der Waals surface area contributed by atoms with Gasteiger partial charge in [0, 0.05) is 38.7 Å². The summed E-state index contributed by atoms with van der Waals surface area (Å²) in [6.07, 6.45) is 1.61. The Balaban J connectivity index is 1.31. The molecule has 228 valence electrons. The normalized spacial score (nSPS) is 14.7. The third-order valence-electron chi connectivity index (χ3n) is 6.85. The van der Waals surface area contributed by atoms with Gasteiger partial charge in [0.1, 0.15) is 17.2 Å². The summed E-state index contributed by atoms with van der Waals surface area (Å²) in [5.74, 6) is -0.514. The van der Waals surface area contributed by atoms with E-state index >= 15 is 0 Å². The molecule has 2 N–H and O–H groups in total. The summed E-state index contributed by atoms with van der Waals surface area (Å²) in [5.41, 5.74) is 1.93. The predicted octanol–water partition coefficient (Wildman–Crippen LogP) is 6.30. The molecule has 1 saturated heterocycles. The van der Waals surface area contributed by atoms with Gasteiger partial charge in [0.05, 0.1) is 25.2 Å². The number of nitrogens with one attached hydrogen (secondary N) is 2. The molecule has 1 unspecified atom stereocenters. The summed E-state index contributed by atoms with van der Waals surface area (Å²) in [5, 5.41) is 4.97. The largest absolute Gasteiger partial charge is 0.497 e. The number of anilines is 2. The van der Waals surface area contributed by atoms with E-state index in [0.717, 1.165) is 9.37 Å². The van der Waals surface area contributed by atoms with Gasteiger partial charge in [0.15, 0.2) is 0 Å². The average Bonchev–Trinajstić information content (AvgIpc) is 3.34. The van der Waals surface area contributed by atoms with Gasteiger partial charge in [-0.05, 0) is 78.9 Å². The van der Waals surface area contributed by atoms with Crippen LogP contribution in [0.5, 0.6) is 11.5 Å². The van der Waals surface area contributed by atoms with Crippen LogP contribution in [-0.2, 0) is 14.4 Å². The maximum Gasteiger partial charge on any atom is 0.272 e. The van der Waals surface area contributed by atoms with Crippen molar-refractivity contribution in [3.8, 4) is 11.5 Å². The second kappa shape index (κ2) is 14.3. The third-order valence-corrected chi connectivity index (χ3v) is 8.58. The summed E-state index contributed by atoms with van der Waals surface area (Å²) >= 11 is 4.65. The molecule has 0 radical (unpaired) electrons. The number of benzene rings is 4. The Bertz CT molecular complexity index is 1760. The lowest BCUT2D eigenvalue weighted by molar-refractivity contribution is -0.121. The zero-order chi connectivity index (χ0) is 31.9. The van der Waals surface area contributed by atoms with Crippen LogP contribution in [0, 0.1) is 0 Å². The number of carbonyl (C=O) groups excluding carboxylic acids is 4. The average molecular weight is 687 g/mol. The van der Waals surface area contributed by atoms with Crippen LogP contribution in [0.2, 0.25) is 0 Å². The molecule has 0 aliphatic carbocycles. The molecule has 0 bridgehead atoms. The van der Waals surface area contributed by atoms with Crippen molar-refractivity contribution in [3.63, 3.8) is 0 Å². The standard InChI is InChI=1S/C34H28BrN3O6S/c1-43-26-15-8-22(29(19-26)44-2)18-28(37-32(40)21-6-4-3-5-7-21)33(41)36-24-11-16-27(17-12-24)45-30-20-31(39)38(34(30)42)25-13-9-23(35)10-14-25/h3-19,30H,20H2,1-2H3,(H,36,41)(H,37,40)/b28-18-. The molecule has 4 aromatic carbocycles. The van der Waals surface area contributed by atoms with E-state index in [0.29, 0.717) is 34.0 Å². The lowest BCUT2D eigenvalue weighted by Crippen LogP contribution is -2.31. The van der Waals surface area contributed by atoms with Gasteiger partial charge in [-0.25, -0.2) is 4.90 Å². The van der Waals surface area contributed by atoms with Crippen molar-refractivity contribution in [2.45, 2.75) is 16.6 Å². The Morgan fingerprint density at radius 3 is 2.29 bits per heavy atom. The number of rotatable bonds is 10. The van der Waals surface area contributed by atoms with E-state index < -0.39 is 17.1 Å². The van der Waals surface area contributed by atoms with Crippen LogP contribution >= 0.6 is 27.7 Å². The second-order valence-electron chi connectivity index (χ2n) is 9.82.